The van der Waals surface area contributed by atoms with Crippen molar-refractivity contribution in [1.82, 2.24) is 4.98 Å². The summed E-state index contributed by atoms with van der Waals surface area (Å²) in [6, 6.07) is 16.6. The van der Waals surface area contributed by atoms with Gasteiger partial charge in [0.25, 0.3) is 0 Å². The first-order valence-corrected chi connectivity index (χ1v) is 8.48. The largest absolute Gasteiger partial charge is 0.491 e. The van der Waals surface area contributed by atoms with Gasteiger partial charge in [-0.3, -0.25) is 0 Å². The second kappa shape index (κ2) is 7.27. The molecule has 22 heavy (non-hydrogen) atoms. The Hall–Kier alpha value is -2.07. The number of anilines is 1. The Morgan fingerprint density at radius 2 is 1.95 bits per heavy atom. The number of nitrogens with zero attached hydrogens (tertiary/aromatic N) is 1. The van der Waals surface area contributed by atoms with Crippen LogP contribution in [0.3, 0.4) is 0 Å². The van der Waals surface area contributed by atoms with E-state index in [-0.39, 0.29) is 0 Å². The average molecular weight is 312 g/mol. The van der Waals surface area contributed by atoms with Gasteiger partial charge in [0.2, 0.25) is 0 Å². The van der Waals surface area contributed by atoms with E-state index in [0.717, 1.165) is 47.1 Å². The molecule has 4 heteroatoms. The number of hydrogen-bond acceptors (Lipinski definition) is 4. The summed E-state index contributed by atoms with van der Waals surface area (Å²) in [7, 11) is 0. The number of thiazole rings is 1. The second-order valence-electron chi connectivity index (χ2n) is 5.13. The highest BCUT2D eigenvalue weighted by molar-refractivity contribution is 7.22. The van der Waals surface area contributed by atoms with Crippen molar-refractivity contribution in [3.05, 3.63) is 54.1 Å². The summed E-state index contributed by atoms with van der Waals surface area (Å²) in [5.74, 6) is 0.881. The molecule has 1 aromatic heterocycles. The Morgan fingerprint density at radius 1 is 1.09 bits per heavy atom. The molecule has 0 fully saturated rings. The molecular weight excluding hydrogens is 292 g/mol. The zero-order valence-electron chi connectivity index (χ0n) is 12.7. The summed E-state index contributed by atoms with van der Waals surface area (Å²) in [4.78, 5) is 4.68. The first kappa shape index (κ1) is 14.9. The summed E-state index contributed by atoms with van der Waals surface area (Å²) in [6.07, 6.45) is 2.00. The summed E-state index contributed by atoms with van der Waals surface area (Å²) >= 11 is 1.68. The normalized spacial score (nSPS) is 10.8. The molecule has 0 saturated heterocycles. The maximum Gasteiger partial charge on any atom is 0.183 e. The van der Waals surface area contributed by atoms with Crippen LogP contribution in [0.2, 0.25) is 0 Å². The van der Waals surface area contributed by atoms with Crippen molar-refractivity contribution in [3.63, 3.8) is 0 Å². The van der Waals surface area contributed by atoms with E-state index < -0.39 is 0 Å². The lowest BCUT2D eigenvalue weighted by molar-refractivity contribution is 0.320. The maximum atomic E-state index is 5.77. The van der Waals surface area contributed by atoms with E-state index in [9.17, 15) is 0 Å². The van der Waals surface area contributed by atoms with Gasteiger partial charge < -0.3 is 10.1 Å². The molecule has 0 saturated carbocycles. The minimum Gasteiger partial charge on any atom is -0.491 e. The van der Waals surface area contributed by atoms with Gasteiger partial charge in [-0.25, -0.2) is 4.98 Å². The summed E-state index contributed by atoms with van der Waals surface area (Å²) < 4.78 is 6.93. The molecule has 0 atom stereocenters. The van der Waals surface area contributed by atoms with Crippen molar-refractivity contribution < 1.29 is 4.74 Å². The van der Waals surface area contributed by atoms with E-state index in [0.29, 0.717) is 0 Å². The standard InChI is InChI=1S/C18H20N2OS/c1-2-13-21-15-9-6-10-16-17(15)20-18(22-16)19-12-11-14-7-4-3-5-8-14/h3-10H,2,11-13H2,1H3,(H,19,20). The highest BCUT2D eigenvalue weighted by atomic mass is 32.1. The quantitative estimate of drug-likeness (QED) is 0.684. The van der Waals surface area contributed by atoms with Gasteiger partial charge in [0.15, 0.2) is 5.13 Å². The van der Waals surface area contributed by atoms with Crippen LogP contribution >= 0.6 is 11.3 Å². The third-order valence-corrected chi connectivity index (χ3v) is 4.35. The van der Waals surface area contributed by atoms with Gasteiger partial charge in [-0.05, 0) is 30.5 Å². The smallest absolute Gasteiger partial charge is 0.183 e. The number of benzene rings is 2. The van der Waals surface area contributed by atoms with E-state index in [2.05, 4.69) is 47.6 Å². The Bertz CT molecular complexity index is 724. The topological polar surface area (TPSA) is 34.1 Å². The summed E-state index contributed by atoms with van der Waals surface area (Å²) in [5, 5.41) is 4.37. The fourth-order valence-corrected chi connectivity index (χ4v) is 3.19. The van der Waals surface area contributed by atoms with E-state index in [1.54, 1.807) is 11.3 Å². The lowest BCUT2D eigenvalue weighted by Crippen LogP contribution is -2.04. The Morgan fingerprint density at radius 3 is 2.77 bits per heavy atom. The van der Waals surface area contributed by atoms with Crippen LogP contribution in [0.1, 0.15) is 18.9 Å². The lowest BCUT2D eigenvalue weighted by atomic mass is 10.2. The molecule has 3 rings (SSSR count). The SMILES string of the molecule is CCCOc1cccc2sc(NCCc3ccccc3)nc12. The molecule has 1 N–H and O–H groups in total. The Balaban J connectivity index is 1.67. The molecule has 2 aromatic carbocycles. The minimum atomic E-state index is 0.730. The molecular formula is C18H20N2OS. The molecule has 0 amide bonds. The highest BCUT2D eigenvalue weighted by Crippen LogP contribution is 2.32. The predicted molar refractivity (Wildman–Crippen MR) is 94.0 cm³/mol. The van der Waals surface area contributed by atoms with E-state index in [1.165, 1.54) is 5.56 Å². The molecule has 0 radical (unpaired) electrons. The lowest BCUT2D eigenvalue weighted by Gasteiger charge is -2.04. The van der Waals surface area contributed by atoms with E-state index in [4.69, 9.17) is 4.74 Å². The van der Waals surface area contributed by atoms with Gasteiger partial charge in [0, 0.05) is 6.54 Å². The number of hydrogen-bond donors (Lipinski definition) is 1. The van der Waals surface area contributed by atoms with Crippen LogP contribution in [0, 0.1) is 0 Å². The van der Waals surface area contributed by atoms with Gasteiger partial charge in [-0.1, -0.05) is 54.7 Å². The van der Waals surface area contributed by atoms with E-state index >= 15 is 0 Å². The monoisotopic (exact) mass is 312 g/mol. The van der Waals surface area contributed by atoms with Gasteiger partial charge in [0.1, 0.15) is 11.3 Å². The molecule has 3 nitrogen and oxygen atoms in total. The summed E-state index contributed by atoms with van der Waals surface area (Å²) in [6.45, 7) is 3.72. The summed E-state index contributed by atoms with van der Waals surface area (Å²) in [5.41, 5.74) is 2.30. The zero-order chi connectivity index (χ0) is 15.2. The predicted octanol–water partition coefficient (Wildman–Crippen LogP) is 4.74. The van der Waals surface area contributed by atoms with Gasteiger partial charge in [-0.15, -0.1) is 0 Å². The van der Waals surface area contributed by atoms with Crippen LogP contribution in [-0.2, 0) is 6.42 Å². The molecule has 3 aromatic rings. The third kappa shape index (κ3) is 3.57. The van der Waals surface area contributed by atoms with Crippen molar-refractivity contribution in [2.45, 2.75) is 19.8 Å². The van der Waals surface area contributed by atoms with Crippen LogP contribution in [0.15, 0.2) is 48.5 Å². The van der Waals surface area contributed by atoms with Crippen molar-refractivity contribution in [3.8, 4) is 5.75 Å². The molecule has 0 spiro atoms. The number of rotatable bonds is 7. The van der Waals surface area contributed by atoms with Crippen LogP contribution in [0.5, 0.6) is 5.75 Å². The molecule has 1 heterocycles. The first-order valence-electron chi connectivity index (χ1n) is 7.67. The number of aromatic nitrogens is 1. The van der Waals surface area contributed by atoms with Crippen LogP contribution in [-0.4, -0.2) is 18.1 Å². The minimum absolute atomic E-state index is 0.730. The van der Waals surface area contributed by atoms with Crippen molar-refractivity contribution in [2.24, 2.45) is 0 Å². The first-order chi connectivity index (χ1) is 10.9. The van der Waals surface area contributed by atoms with Crippen molar-refractivity contribution in [2.75, 3.05) is 18.5 Å². The number of ether oxygens (including phenoxy) is 1. The number of para-hydroxylation sites is 1. The highest BCUT2D eigenvalue weighted by Gasteiger charge is 2.08. The number of nitrogens with one attached hydrogen (secondary N) is 1. The molecule has 114 valence electrons. The van der Waals surface area contributed by atoms with Crippen molar-refractivity contribution in [1.29, 1.82) is 0 Å². The Kier molecular flexibility index (Phi) is 4.91. The zero-order valence-corrected chi connectivity index (χ0v) is 13.5. The molecule has 0 aliphatic carbocycles. The third-order valence-electron chi connectivity index (χ3n) is 3.38. The van der Waals surface area contributed by atoms with Gasteiger partial charge in [0.05, 0.1) is 11.3 Å². The van der Waals surface area contributed by atoms with Crippen LogP contribution in [0.25, 0.3) is 10.2 Å². The van der Waals surface area contributed by atoms with Crippen LogP contribution < -0.4 is 10.1 Å². The number of fused-ring (bicyclic) bond motifs is 1. The van der Waals surface area contributed by atoms with Crippen molar-refractivity contribution >= 4 is 26.7 Å². The maximum absolute atomic E-state index is 5.77. The fraction of sp³-hybridized carbons (Fsp3) is 0.278. The molecule has 0 unspecified atom stereocenters. The molecule has 0 aliphatic rings. The second-order valence-corrected chi connectivity index (χ2v) is 6.16. The van der Waals surface area contributed by atoms with Gasteiger partial charge >= 0.3 is 0 Å². The van der Waals surface area contributed by atoms with Gasteiger partial charge in [-0.2, -0.15) is 0 Å². The fourth-order valence-electron chi connectivity index (χ4n) is 2.29. The average Bonchev–Trinajstić information content (AvgIpc) is 2.97. The molecule has 0 aliphatic heterocycles. The molecule has 0 bridgehead atoms. The van der Waals surface area contributed by atoms with E-state index in [1.807, 2.05) is 18.2 Å². The Labute approximate surface area is 135 Å². The van der Waals surface area contributed by atoms with Crippen LogP contribution in [0.4, 0.5) is 5.13 Å².